The van der Waals surface area contributed by atoms with Gasteiger partial charge in [0.25, 0.3) is 0 Å². The Morgan fingerprint density at radius 2 is 2.24 bits per heavy atom. The van der Waals surface area contributed by atoms with Crippen molar-refractivity contribution in [2.75, 3.05) is 14.2 Å². The van der Waals surface area contributed by atoms with Gasteiger partial charge in [-0.05, 0) is 6.92 Å². The number of pyridine rings is 1. The monoisotopic (exact) mass is 240 g/mol. The number of carboxylic acids is 1. The molecule has 2 N–H and O–H groups in total. The van der Waals surface area contributed by atoms with Crippen LogP contribution in [0, 0.1) is 0 Å². The van der Waals surface area contributed by atoms with E-state index in [1.165, 1.54) is 14.2 Å². The van der Waals surface area contributed by atoms with E-state index in [4.69, 9.17) is 14.6 Å². The summed E-state index contributed by atoms with van der Waals surface area (Å²) in [5, 5.41) is 11.6. The van der Waals surface area contributed by atoms with Gasteiger partial charge in [0.1, 0.15) is 6.04 Å². The van der Waals surface area contributed by atoms with E-state index in [9.17, 15) is 4.79 Å². The van der Waals surface area contributed by atoms with Crippen LogP contribution < -0.4 is 14.8 Å². The topological polar surface area (TPSA) is 80.7 Å². The van der Waals surface area contributed by atoms with Crippen molar-refractivity contribution in [3.05, 3.63) is 18.0 Å². The maximum atomic E-state index is 10.7. The molecule has 0 aliphatic heterocycles. The molecule has 1 aromatic heterocycles. The van der Waals surface area contributed by atoms with E-state index in [-0.39, 0.29) is 0 Å². The van der Waals surface area contributed by atoms with Gasteiger partial charge in [-0.2, -0.15) is 0 Å². The number of rotatable bonds is 6. The van der Waals surface area contributed by atoms with Crippen LogP contribution in [0.4, 0.5) is 0 Å². The van der Waals surface area contributed by atoms with Crippen molar-refractivity contribution in [3.8, 4) is 11.5 Å². The second kappa shape index (κ2) is 6.05. The van der Waals surface area contributed by atoms with Crippen LogP contribution in [-0.4, -0.2) is 36.3 Å². The molecule has 0 radical (unpaired) electrons. The van der Waals surface area contributed by atoms with Crippen LogP contribution in [0.5, 0.6) is 11.5 Å². The molecule has 6 heteroatoms. The number of hydrogen-bond acceptors (Lipinski definition) is 5. The van der Waals surface area contributed by atoms with Crippen LogP contribution in [0.1, 0.15) is 12.6 Å². The molecule has 0 saturated heterocycles. The molecule has 1 rings (SSSR count). The van der Waals surface area contributed by atoms with Crippen molar-refractivity contribution in [1.82, 2.24) is 10.3 Å². The highest BCUT2D eigenvalue weighted by Crippen LogP contribution is 2.28. The van der Waals surface area contributed by atoms with Crippen LogP contribution in [0.25, 0.3) is 0 Å². The van der Waals surface area contributed by atoms with Crippen molar-refractivity contribution < 1.29 is 19.4 Å². The van der Waals surface area contributed by atoms with Gasteiger partial charge >= 0.3 is 5.97 Å². The highest BCUT2D eigenvalue weighted by molar-refractivity contribution is 5.72. The van der Waals surface area contributed by atoms with Crippen molar-refractivity contribution in [3.63, 3.8) is 0 Å². The maximum Gasteiger partial charge on any atom is 0.320 e. The van der Waals surface area contributed by atoms with Crippen molar-refractivity contribution in [2.24, 2.45) is 0 Å². The molecule has 1 unspecified atom stereocenters. The summed E-state index contributed by atoms with van der Waals surface area (Å²) in [6, 6.07) is 1.04. The molecule has 6 nitrogen and oxygen atoms in total. The maximum absolute atomic E-state index is 10.7. The number of hydrogen-bond donors (Lipinski definition) is 2. The average molecular weight is 240 g/mol. The minimum absolute atomic E-state index is 0.299. The SMILES string of the molecule is COc1ccnc(CNC(C)C(=O)O)c1OC. The first-order chi connectivity index (χ1) is 8.10. The lowest BCUT2D eigenvalue weighted by Crippen LogP contribution is -2.33. The molecule has 0 fully saturated rings. The molecule has 17 heavy (non-hydrogen) atoms. The summed E-state index contributed by atoms with van der Waals surface area (Å²) in [6.45, 7) is 1.86. The zero-order valence-electron chi connectivity index (χ0n) is 10.1. The summed E-state index contributed by atoms with van der Waals surface area (Å²) < 4.78 is 10.3. The van der Waals surface area contributed by atoms with Gasteiger partial charge in [-0.15, -0.1) is 0 Å². The first kappa shape index (κ1) is 13.2. The average Bonchev–Trinajstić information content (AvgIpc) is 2.34. The largest absolute Gasteiger partial charge is 0.493 e. The Balaban J connectivity index is 2.80. The highest BCUT2D eigenvalue weighted by Gasteiger charge is 2.14. The predicted molar refractivity (Wildman–Crippen MR) is 61.3 cm³/mol. The molecule has 1 atom stereocenters. The Morgan fingerprint density at radius 1 is 1.53 bits per heavy atom. The fourth-order valence-corrected chi connectivity index (χ4v) is 1.31. The lowest BCUT2D eigenvalue weighted by molar-refractivity contribution is -0.139. The molecule has 0 aliphatic rings. The zero-order chi connectivity index (χ0) is 12.8. The number of carbonyl (C=O) groups is 1. The Bertz CT molecular complexity index is 395. The minimum Gasteiger partial charge on any atom is -0.493 e. The Morgan fingerprint density at radius 3 is 2.76 bits per heavy atom. The Hall–Kier alpha value is -1.82. The van der Waals surface area contributed by atoms with Gasteiger partial charge < -0.3 is 14.6 Å². The number of ether oxygens (including phenoxy) is 2. The van der Waals surface area contributed by atoms with E-state index >= 15 is 0 Å². The first-order valence-corrected chi connectivity index (χ1v) is 5.12. The minimum atomic E-state index is -0.910. The summed E-state index contributed by atoms with van der Waals surface area (Å²) in [7, 11) is 3.05. The number of carboxylic acid groups (broad SMARTS) is 1. The third kappa shape index (κ3) is 3.32. The van der Waals surface area contributed by atoms with Crippen molar-refractivity contribution >= 4 is 5.97 Å². The van der Waals surface area contributed by atoms with Gasteiger partial charge in [0.15, 0.2) is 11.5 Å². The number of aromatic nitrogens is 1. The summed E-state index contributed by atoms with van der Waals surface area (Å²) in [5.74, 6) is 0.175. The van der Waals surface area contributed by atoms with Gasteiger partial charge in [-0.3, -0.25) is 15.1 Å². The van der Waals surface area contributed by atoms with Crippen LogP contribution in [0.15, 0.2) is 12.3 Å². The number of nitrogens with zero attached hydrogens (tertiary/aromatic N) is 1. The molecule has 1 aromatic rings. The van der Waals surface area contributed by atoms with Crippen molar-refractivity contribution in [1.29, 1.82) is 0 Å². The molecule has 94 valence electrons. The second-order valence-electron chi connectivity index (χ2n) is 3.43. The van der Waals surface area contributed by atoms with Crippen molar-refractivity contribution in [2.45, 2.75) is 19.5 Å². The van der Waals surface area contributed by atoms with E-state index in [2.05, 4.69) is 10.3 Å². The summed E-state index contributed by atoms with van der Waals surface area (Å²) in [5.41, 5.74) is 0.611. The predicted octanol–water partition coefficient (Wildman–Crippen LogP) is 0.662. The zero-order valence-corrected chi connectivity index (χ0v) is 10.1. The number of methoxy groups -OCH3 is 2. The van der Waals surface area contributed by atoms with Crippen LogP contribution in [0.3, 0.4) is 0 Å². The lowest BCUT2D eigenvalue weighted by atomic mass is 10.2. The molecule has 0 amide bonds. The normalized spacial score (nSPS) is 11.9. The second-order valence-corrected chi connectivity index (χ2v) is 3.43. The quantitative estimate of drug-likeness (QED) is 0.760. The molecule has 0 aromatic carbocycles. The summed E-state index contributed by atoms with van der Waals surface area (Å²) in [6.07, 6.45) is 1.59. The molecule has 0 aliphatic carbocycles. The van der Waals surface area contributed by atoms with Gasteiger partial charge in [-0.1, -0.05) is 0 Å². The van der Waals surface area contributed by atoms with E-state index in [0.717, 1.165) is 0 Å². The number of nitrogens with one attached hydrogen (secondary N) is 1. The lowest BCUT2D eigenvalue weighted by Gasteiger charge is -2.13. The molecule has 0 saturated carbocycles. The molecular formula is C11H16N2O4. The van der Waals surface area contributed by atoms with E-state index in [1.54, 1.807) is 19.2 Å². The molecule has 1 heterocycles. The van der Waals surface area contributed by atoms with Crippen LogP contribution in [0.2, 0.25) is 0 Å². The Labute approximate surface area is 99.6 Å². The third-order valence-corrected chi connectivity index (χ3v) is 2.31. The third-order valence-electron chi connectivity index (χ3n) is 2.31. The van der Waals surface area contributed by atoms with Gasteiger partial charge in [-0.25, -0.2) is 0 Å². The summed E-state index contributed by atoms with van der Waals surface area (Å²) >= 11 is 0. The van der Waals surface area contributed by atoms with E-state index in [0.29, 0.717) is 23.7 Å². The summed E-state index contributed by atoms with van der Waals surface area (Å²) in [4.78, 5) is 14.8. The fraction of sp³-hybridized carbons (Fsp3) is 0.455. The van der Waals surface area contributed by atoms with Gasteiger partial charge in [0.05, 0.1) is 19.9 Å². The standard InChI is InChI=1S/C11H16N2O4/c1-7(11(14)15)13-6-8-10(17-3)9(16-2)4-5-12-8/h4-5,7,13H,6H2,1-3H3,(H,14,15). The van der Waals surface area contributed by atoms with E-state index < -0.39 is 12.0 Å². The van der Waals surface area contributed by atoms with Crippen LogP contribution >= 0.6 is 0 Å². The first-order valence-electron chi connectivity index (χ1n) is 5.12. The van der Waals surface area contributed by atoms with E-state index in [1.807, 2.05) is 0 Å². The van der Waals surface area contributed by atoms with Gasteiger partial charge in [0.2, 0.25) is 0 Å². The fourth-order valence-electron chi connectivity index (χ4n) is 1.31. The number of aliphatic carboxylic acids is 1. The molecule has 0 bridgehead atoms. The smallest absolute Gasteiger partial charge is 0.320 e. The molecule has 0 spiro atoms. The molecular weight excluding hydrogens is 224 g/mol. The van der Waals surface area contributed by atoms with Crippen LogP contribution in [-0.2, 0) is 11.3 Å². The van der Waals surface area contributed by atoms with Gasteiger partial charge in [0, 0.05) is 18.8 Å². The highest BCUT2D eigenvalue weighted by atomic mass is 16.5. The Kier molecular flexibility index (Phi) is 4.71.